The molecule has 0 radical (unpaired) electrons. The van der Waals surface area contributed by atoms with Gasteiger partial charge in [-0.05, 0) is 24.3 Å². The molecule has 0 spiro atoms. The maximum absolute atomic E-state index is 11.3. The first-order chi connectivity index (χ1) is 9.71. The van der Waals surface area contributed by atoms with E-state index in [4.69, 9.17) is 5.73 Å². The zero-order chi connectivity index (χ0) is 16.0. The number of carbonyl (C=O) groups is 1. The smallest absolute Gasteiger partial charge is 0.331 e. The molecule has 0 fully saturated rings. The van der Waals surface area contributed by atoms with E-state index in [2.05, 4.69) is 25.8 Å². The van der Waals surface area contributed by atoms with Gasteiger partial charge < -0.3 is 15.4 Å². The van der Waals surface area contributed by atoms with Crippen LogP contribution >= 0.6 is 0 Å². The molecule has 0 bridgehead atoms. The molecule has 0 aromatic carbocycles. The summed E-state index contributed by atoms with van der Waals surface area (Å²) in [4.78, 5) is 15.6. The summed E-state index contributed by atoms with van der Waals surface area (Å²) in [7, 11) is 0. The maximum Gasteiger partial charge on any atom is 0.331 e. The van der Waals surface area contributed by atoms with Gasteiger partial charge in [0.25, 0.3) is 0 Å². The van der Waals surface area contributed by atoms with Gasteiger partial charge in [0.05, 0.1) is 12.0 Å². The molecule has 0 saturated heterocycles. The summed E-state index contributed by atoms with van der Waals surface area (Å²) < 4.78 is 2.02. The van der Waals surface area contributed by atoms with Crippen molar-refractivity contribution in [3.63, 3.8) is 0 Å². The molecule has 0 amide bonds. The Morgan fingerprint density at radius 1 is 1.52 bits per heavy atom. The van der Waals surface area contributed by atoms with E-state index in [1.165, 1.54) is 0 Å². The van der Waals surface area contributed by atoms with Crippen LogP contribution in [-0.4, -0.2) is 27.2 Å². The molecule has 5 heteroatoms. The first-order valence-corrected chi connectivity index (χ1v) is 7.36. The number of hydrogen-bond donors (Lipinski definition) is 2. The van der Waals surface area contributed by atoms with E-state index >= 15 is 0 Å². The zero-order valence-electron chi connectivity index (χ0n) is 13.5. The quantitative estimate of drug-likeness (QED) is 0.757. The van der Waals surface area contributed by atoms with Crippen LogP contribution in [0.1, 0.15) is 39.8 Å². The van der Waals surface area contributed by atoms with Crippen LogP contribution in [0.4, 0.5) is 0 Å². The second-order valence-corrected chi connectivity index (χ2v) is 6.80. The number of hydrogen-bond acceptors (Lipinski definition) is 3. The number of rotatable bonds is 7. The zero-order valence-corrected chi connectivity index (χ0v) is 13.5. The normalized spacial score (nSPS) is 14.2. The highest BCUT2D eigenvalue weighted by molar-refractivity contribution is 5.87. The molecule has 118 valence electrons. The second kappa shape index (κ2) is 7.41. The van der Waals surface area contributed by atoms with E-state index in [1.54, 1.807) is 12.4 Å². The lowest BCUT2D eigenvalue weighted by Crippen LogP contribution is -2.12. The Bertz CT molecular complexity index is 498. The summed E-state index contributed by atoms with van der Waals surface area (Å²) in [6.07, 6.45) is 6.80. The summed E-state index contributed by atoms with van der Waals surface area (Å²) in [6, 6.07) is 0. The first-order valence-electron chi connectivity index (χ1n) is 7.36. The van der Waals surface area contributed by atoms with Crippen molar-refractivity contribution in [3.05, 3.63) is 29.9 Å². The third-order valence-electron chi connectivity index (χ3n) is 3.31. The standard InChI is InChI=1S/C16H27N3O2/c1-12(9-17)7-13(15(20)21)8-14-10-19(11-18-14)6-5-16(2,3)4/h7,10-12H,5-6,8-9,17H2,1-4H3,(H,20,21)/b13-7-. The minimum Gasteiger partial charge on any atom is -0.478 e. The first kappa shape index (κ1) is 17.4. The Labute approximate surface area is 126 Å². The highest BCUT2D eigenvalue weighted by Crippen LogP contribution is 2.19. The minimum absolute atomic E-state index is 0.0547. The van der Waals surface area contributed by atoms with E-state index in [0.717, 1.165) is 18.7 Å². The lowest BCUT2D eigenvalue weighted by Gasteiger charge is -2.17. The molecule has 1 aromatic heterocycles. The molecular weight excluding hydrogens is 266 g/mol. The minimum atomic E-state index is -0.903. The fourth-order valence-electron chi connectivity index (χ4n) is 1.90. The van der Waals surface area contributed by atoms with Crippen LogP contribution in [-0.2, 0) is 17.8 Å². The topological polar surface area (TPSA) is 81.1 Å². The molecule has 21 heavy (non-hydrogen) atoms. The van der Waals surface area contributed by atoms with Crippen LogP contribution in [0.3, 0.4) is 0 Å². The van der Waals surface area contributed by atoms with Crippen LogP contribution in [0.15, 0.2) is 24.2 Å². The Kier molecular flexibility index (Phi) is 6.15. The highest BCUT2D eigenvalue weighted by atomic mass is 16.4. The number of aryl methyl sites for hydroxylation is 1. The second-order valence-electron chi connectivity index (χ2n) is 6.80. The predicted octanol–water partition coefficient (Wildman–Crippen LogP) is 2.47. The summed E-state index contributed by atoms with van der Waals surface area (Å²) >= 11 is 0. The number of carboxylic acid groups (broad SMARTS) is 1. The van der Waals surface area contributed by atoms with Gasteiger partial charge >= 0.3 is 5.97 Å². The predicted molar refractivity (Wildman–Crippen MR) is 83.9 cm³/mol. The SMILES string of the molecule is CC(/C=C(/Cc1cn(CCC(C)(C)C)cn1)C(=O)O)CN. The molecule has 5 nitrogen and oxygen atoms in total. The maximum atomic E-state index is 11.3. The summed E-state index contributed by atoms with van der Waals surface area (Å²) in [6.45, 7) is 9.84. The average Bonchev–Trinajstić information content (AvgIpc) is 2.82. The monoisotopic (exact) mass is 293 g/mol. The van der Waals surface area contributed by atoms with E-state index in [1.807, 2.05) is 17.7 Å². The van der Waals surface area contributed by atoms with Crippen molar-refractivity contribution in [3.8, 4) is 0 Å². The Hall–Kier alpha value is -1.62. The Morgan fingerprint density at radius 3 is 2.71 bits per heavy atom. The van der Waals surface area contributed by atoms with Crippen molar-refractivity contribution < 1.29 is 9.90 Å². The van der Waals surface area contributed by atoms with Crippen LogP contribution in [0.2, 0.25) is 0 Å². The molecule has 3 N–H and O–H groups in total. The van der Waals surface area contributed by atoms with E-state index in [-0.39, 0.29) is 11.3 Å². The molecule has 0 aliphatic carbocycles. The van der Waals surface area contributed by atoms with Gasteiger partial charge in [0.1, 0.15) is 0 Å². The van der Waals surface area contributed by atoms with Crippen LogP contribution in [0, 0.1) is 11.3 Å². The molecule has 1 rings (SSSR count). The molecule has 1 atom stereocenters. The van der Waals surface area contributed by atoms with Gasteiger partial charge in [0.2, 0.25) is 0 Å². The van der Waals surface area contributed by atoms with Crippen molar-refractivity contribution in [2.75, 3.05) is 6.54 Å². The van der Waals surface area contributed by atoms with Gasteiger partial charge in [0.15, 0.2) is 0 Å². The molecular formula is C16H27N3O2. The van der Waals surface area contributed by atoms with Crippen molar-refractivity contribution in [1.29, 1.82) is 0 Å². The molecule has 1 heterocycles. The van der Waals surface area contributed by atoms with Gasteiger partial charge in [-0.3, -0.25) is 0 Å². The summed E-state index contributed by atoms with van der Waals surface area (Å²) in [5.74, 6) is -0.849. The van der Waals surface area contributed by atoms with Crippen molar-refractivity contribution in [1.82, 2.24) is 9.55 Å². The molecule has 1 unspecified atom stereocenters. The van der Waals surface area contributed by atoms with Crippen LogP contribution in [0.5, 0.6) is 0 Å². The molecule has 0 aliphatic rings. The summed E-state index contributed by atoms with van der Waals surface area (Å²) in [5, 5.41) is 9.25. The molecule has 0 saturated carbocycles. The fourth-order valence-corrected chi connectivity index (χ4v) is 1.90. The largest absolute Gasteiger partial charge is 0.478 e. The lowest BCUT2D eigenvalue weighted by molar-refractivity contribution is -0.132. The Balaban J connectivity index is 2.71. The van der Waals surface area contributed by atoms with Gasteiger partial charge in [-0.25, -0.2) is 9.78 Å². The average molecular weight is 293 g/mol. The number of imidazole rings is 1. The van der Waals surface area contributed by atoms with Crippen molar-refractivity contribution in [2.24, 2.45) is 17.1 Å². The highest BCUT2D eigenvalue weighted by Gasteiger charge is 2.13. The van der Waals surface area contributed by atoms with E-state index < -0.39 is 5.97 Å². The molecule has 1 aromatic rings. The number of carboxylic acids is 1. The number of nitrogens with two attached hydrogens (primary N) is 1. The van der Waals surface area contributed by atoms with Crippen molar-refractivity contribution >= 4 is 5.97 Å². The van der Waals surface area contributed by atoms with E-state index in [9.17, 15) is 9.90 Å². The van der Waals surface area contributed by atoms with Gasteiger partial charge in [-0.1, -0.05) is 33.8 Å². The summed E-state index contributed by atoms with van der Waals surface area (Å²) in [5.41, 5.74) is 6.95. The van der Waals surface area contributed by atoms with Gasteiger partial charge in [-0.2, -0.15) is 0 Å². The van der Waals surface area contributed by atoms with Crippen LogP contribution in [0.25, 0.3) is 0 Å². The lowest BCUT2D eigenvalue weighted by atomic mass is 9.92. The van der Waals surface area contributed by atoms with Crippen molar-refractivity contribution in [2.45, 2.75) is 47.1 Å². The van der Waals surface area contributed by atoms with Gasteiger partial charge in [0, 0.05) is 24.7 Å². The third kappa shape index (κ3) is 6.58. The van der Waals surface area contributed by atoms with Crippen LogP contribution < -0.4 is 5.73 Å². The number of nitrogens with zero attached hydrogens (tertiary/aromatic N) is 2. The van der Waals surface area contributed by atoms with E-state index in [0.29, 0.717) is 18.5 Å². The van der Waals surface area contributed by atoms with Gasteiger partial charge in [-0.15, -0.1) is 0 Å². The fraction of sp³-hybridized carbons (Fsp3) is 0.625. The molecule has 0 aliphatic heterocycles. The third-order valence-corrected chi connectivity index (χ3v) is 3.31. The number of aliphatic carboxylic acids is 1. The number of aromatic nitrogens is 2. The Morgan fingerprint density at radius 2 is 2.19 bits per heavy atom.